The first-order valence-electron chi connectivity index (χ1n) is 6.71. The van der Waals surface area contributed by atoms with E-state index in [2.05, 4.69) is 34.8 Å². The maximum Gasteiger partial charge on any atom is 0.122 e. The summed E-state index contributed by atoms with van der Waals surface area (Å²) in [7, 11) is 3.95. The van der Waals surface area contributed by atoms with Crippen molar-refractivity contribution in [3.05, 3.63) is 35.5 Å². The lowest BCUT2D eigenvalue weighted by Crippen LogP contribution is -2.10. The summed E-state index contributed by atoms with van der Waals surface area (Å²) in [5.41, 5.74) is 4.86. The van der Waals surface area contributed by atoms with Crippen LogP contribution in [-0.2, 0) is 19.9 Å². The maximum atomic E-state index is 5.55. The van der Waals surface area contributed by atoms with Crippen LogP contribution in [0.5, 0.6) is 5.75 Å². The van der Waals surface area contributed by atoms with Crippen molar-refractivity contribution in [2.75, 3.05) is 20.2 Å². The first-order chi connectivity index (χ1) is 9.28. The normalized spacial score (nSPS) is 13.4. The SMILES string of the molecule is CNCCc1cn(C)nc1-c1ccc2c(c1)CCO2. The Balaban J connectivity index is 1.97. The van der Waals surface area contributed by atoms with Crippen LogP contribution in [0.1, 0.15) is 11.1 Å². The number of fused-ring (bicyclic) bond motifs is 1. The molecule has 0 fully saturated rings. The van der Waals surface area contributed by atoms with Crippen LogP contribution in [0.3, 0.4) is 0 Å². The van der Waals surface area contributed by atoms with Gasteiger partial charge in [-0.3, -0.25) is 4.68 Å². The van der Waals surface area contributed by atoms with Crippen molar-refractivity contribution in [1.29, 1.82) is 0 Å². The number of ether oxygens (including phenoxy) is 1. The van der Waals surface area contributed by atoms with Gasteiger partial charge in [-0.15, -0.1) is 0 Å². The van der Waals surface area contributed by atoms with Gasteiger partial charge in [0.2, 0.25) is 0 Å². The molecular formula is C15H19N3O. The highest BCUT2D eigenvalue weighted by atomic mass is 16.5. The number of aryl methyl sites for hydroxylation is 1. The molecule has 1 aliphatic heterocycles. The monoisotopic (exact) mass is 257 g/mol. The molecule has 0 amide bonds. The van der Waals surface area contributed by atoms with Crippen molar-refractivity contribution in [2.45, 2.75) is 12.8 Å². The highest BCUT2D eigenvalue weighted by Crippen LogP contribution is 2.31. The zero-order valence-electron chi connectivity index (χ0n) is 11.4. The van der Waals surface area contributed by atoms with E-state index in [1.807, 2.05) is 18.8 Å². The molecule has 0 saturated carbocycles. The molecule has 4 nitrogen and oxygen atoms in total. The van der Waals surface area contributed by atoms with Crippen molar-refractivity contribution < 1.29 is 4.74 Å². The zero-order chi connectivity index (χ0) is 13.2. The van der Waals surface area contributed by atoms with Gasteiger partial charge in [0.15, 0.2) is 0 Å². The van der Waals surface area contributed by atoms with Crippen LogP contribution in [0.4, 0.5) is 0 Å². The molecule has 2 aromatic rings. The van der Waals surface area contributed by atoms with Crippen LogP contribution in [0, 0.1) is 0 Å². The van der Waals surface area contributed by atoms with E-state index in [4.69, 9.17) is 4.74 Å². The van der Waals surface area contributed by atoms with Gasteiger partial charge < -0.3 is 10.1 Å². The summed E-state index contributed by atoms with van der Waals surface area (Å²) in [6.45, 7) is 1.76. The second-order valence-corrected chi connectivity index (χ2v) is 4.95. The Labute approximate surface area is 113 Å². The first kappa shape index (κ1) is 12.2. The number of hydrogen-bond acceptors (Lipinski definition) is 3. The Morgan fingerprint density at radius 1 is 1.42 bits per heavy atom. The molecule has 0 atom stereocenters. The molecular weight excluding hydrogens is 238 g/mol. The Morgan fingerprint density at radius 2 is 2.32 bits per heavy atom. The van der Waals surface area contributed by atoms with Gasteiger partial charge >= 0.3 is 0 Å². The minimum absolute atomic E-state index is 0.799. The predicted octanol–water partition coefficient (Wildman–Crippen LogP) is 1.78. The summed E-state index contributed by atoms with van der Waals surface area (Å²) in [6, 6.07) is 6.39. The number of nitrogens with one attached hydrogen (secondary N) is 1. The number of hydrogen-bond donors (Lipinski definition) is 1. The summed E-state index contributed by atoms with van der Waals surface area (Å²) in [4.78, 5) is 0. The van der Waals surface area contributed by atoms with Crippen molar-refractivity contribution in [1.82, 2.24) is 15.1 Å². The Kier molecular flexibility index (Phi) is 3.25. The fraction of sp³-hybridized carbons (Fsp3) is 0.400. The Morgan fingerprint density at radius 3 is 3.16 bits per heavy atom. The standard InChI is InChI=1S/C15H19N3O/c1-16-7-5-13-10-18(2)17-15(13)12-3-4-14-11(9-12)6-8-19-14/h3-4,9-10,16H,5-8H2,1-2H3. The topological polar surface area (TPSA) is 39.1 Å². The predicted molar refractivity (Wildman–Crippen MR) is 75.5 cm³/mol. The van der Waals surface area contributed by atoms with Crippen LogP contribution in [-0.4, -0.2) is 30.0 Å². The minimum atomic E-state index is 0.799. The van der Waals surface area contributed by atoms with Gasteiger partial charge in [0, 0.05) is 25.2 Å². The molecule has 4 heteroatoms. The van der Waals surface area contributed by atoms with E-state index in [1.54, 1.807) is 0 Å². The van der Waals surface area contributed by atoms with Crippen molar-refractivity contribution in [3.63, 3.8) is 0 Å². The molecule has 2 heterocycles. The molecule has 1 aromatic carbocycles. The minimum Gasteiger partial charge on any atom is -0.493 e. The average molecular weight is 257 g/mol. The molecule has 1 N–H and O–H groups in total. The van der Waals surface area contributed by atoms with Crippen molar-refractivity contribution in [3.8, 4) is 17.0 Å². The summed E-state index contributed by atoms with van der Waals surface area (Å²) < 4.78 is 7.45. The van der Waals surface area contributed by atoms with Gasteiger partial charge in [-0.25, -0.2) is 0 Å². The number of benzene rings is 1. The van der Waals surface area contributed by atoms with Crippen LogP contribution in [0.15, 0.2) is 24.4 Å². The summed E-state index contributed by atoms with van der Waals surface area (Å²) in [5.74, 6) is 1.02. The lowest BCUT2D eigenvalue weighted by atomic mass is 10.0. The Bertz CT molecular complexity index is 589. The number of nitrogens with zero attached hydrogens (tertiary/aromatic N) is 2. The number of likely N-dealkylation sites (N-methyl/N-ethyl adjacent to an activating group) is 1. The fourth-order valence-corrected chi connectivity index (χ4v) is 2.56. The van der Waals surface area contributed by atoms with Crippen LogP contribution < -0.4 is 10.1 Å². The molecule has 3 rings (SSSR count). The number of rotatable bonds is 4. The maximum absolute atomic E-state index is 5.55. The van der Waals surface area contributed by atoms with E-state index in [9.17, 15) is 0 Å². The van der Waals surface area contributed by atoms with Gasteiger partial charge in [-0.1, -0.05) is 0 Å². The van der Waals surface area contributed by atoms with Crippen molar-refractivity contribution >= 4 is 0 Å². The van der Waals surface area contributed by atoms with Crippen molar-refractivity contribution in [2.24, 2.45) is 7.05 Å². The second-order valence-electron chi connectivity index (χ2n) is 4.95. The van der Waals surface area contributed by atoms with E-state index < -0.39 is 0 Å². The van der Waals surface area contributed by atoms with E-state index in [0.717, 1.165) is 37.4 Å². The molecule has 1 aliphatic rings. The molecule has 0 saturated heterocycles. The van der Waals surface area contributed by atoms with Gasteiger partial charge in [-0.2, -0.15) is 5.10 Å². The van der Waals surface area contributed by atoms with E-state index >= 15 is 0 Å². The first-order valence-corrected chi connectivity index (χ1v) is 6.71. The average Bonchev–Trinajstić information content (AvgIpc) is 3.01. The quantitative estimate of drug-likeness (QED) is 0.907. The van der Waals surface area contributed by atoms with E-state index in [1.165, 1.54) is 16.7 Å². The molecule has 0 radical (unpaired) electrons. The molecule has 0 bridgehead atoms. The zero-order valence-corrected chi connectivity index (χ0v) is 11.4. The molecule has 0 spiro atoms. The fourth-order valence-electron chi connectivity index (χ4n) is 2.56. The largest absolute Gasteiger partial charge is 0.493 e. The van der Waals surface area contributed by atoms with Gasteiger partial charge in [0.25, 0.3) is 0 Å². The number of aromatic nitrogens is 2. The van der Waals surface area contributed by atoms with E-state index in [-0.39, 0.29) is 0 Å². The van der Waals surface area contributed by atoms with Gasteiger partial charge in [0.1, 0.15) is 5.75 Å². The van der Waals surface area contributed by atoms with Crippen LogP contribution in [0.25, 0.3) is 11.3 Å². The molecule has 0 aliphatic carbocycles. The third-order valence-electron chi connectivity index (χ3n) is 3.51. The Hall–Kier alpha value is -1.81. The van der Waals surface area contributed by atoms with Gasteiger partial charge in [0.05, 0.1) is 12.3 Å². The third kappa shape index (κ3) is 2.36. The molecule has 19 heavy (non-hydrogen) atoms. The summed E-state index contributed by atoms with van der Waals surface area (Å²) in [5, 5.41) is 7.80. The van der Waals surface area contributed by atoms with Gasteiger partial charge in [-0.05, 0) is 49.3 Å². The highest BCUT2D eigenvalue weighted by molar-refractivity contribution is 5.65. The third-order valence-corrected chi connectivity index (χ3v) is 3.51. The van der Waals surface area contributed by atoms with E-state index in [0.29, 0.717) is 0 Å². The lowest BCUT2D eigenvalue weighted by molar-refractivity contribution is 0.357. The summed E-state index contributed by atoms with van der Waals surface area (Å²) >= 11 is 0. The molecule has 1 aromatic heterocycles. The lowest BCUT2D eigenvalue weighted by Gasteiger charge is -2.04. The highest BCUT2D eigenvalue weighted by Gasteiger charge is 2.15. The second kappa shape index (κ2) is 5.05. The van der Waals surface area contributed by atoms with Crippen LogP contribution in [0.2, 0.25) is 0 Å². The molecule has 100 valence electrons. The van der Waals surface area contributed by atoms with Crippen LogP contribution >= 0.6 is 0 Å². The smallest absolute Gasteiger partial charge is 0.122 e. The summed E-state index contributed by atoms with van der Waals surface area (Å²) in [6.07, 6.45) is 4.10. The molecule has 0 unspecified atom stereocenters.